The number of fused-ring (bicyclic) bond motifs is 1. The first-order valence-corrected chi connectivity index (χ1v) is 7.08. The minimum absolute atomic E-state index is 0.0575. The molecule has 0 aliphatic rings. The van der Waals surface area contributed by atoms with Crippen molar-refractivity contribution >= 4 is 22.8 Å². The summed E-state index contributed by atoms with van der Waals surface area (Å²) >= 11 is 0. The van der Waals surface area contributed by atoms with E-state index in [1.807, 2.05) is 0 Å². The number of para-hydroxylation sites is 2. The number of rotatable bonds is 5. The number of hydrogen-bond acceptors (Lipinski definition) is 4. The van der Waals surface area contributed by atoms with Crippen LogP contribution in [0.25, 0.3) is 11.0 Å². The standard InChI is InChI=1S/C16H13F2N3O3/c1-9(22)10-6-12(19-7-10)15(23)24-8-14-20-11-4-2-3-5-13(11)21(14)16(17)18/h2-7,16,19H,8H2,1H3. The third-order valence-electron chi connectivity index (χ3n) is 3.51. The van der Waals surface area contributed by atoms with Gasteiger partial charge in [-0.25, -0.2) is 9.78 Å². The number of ether oxygens (including phenoxy) is 1. The number of aromatic amines is 1. The van der Waals surface area contributed by atoms with Gasteiger partial charge in [0.2, 0.25) is 0 Å². The van der Waals surface area contributed by atoms with Crippen LogP contribution in [0.4, 0.5) is 8.78 Å². The van der Waals surface area contributed by atoms with Crippen LogP contribution in [-0.4, -0.2) is 26.3 Å². The van der Waals surface area contributed by atoms with Crippen molar-refractivity contribution in [1.82, 2.24) is 14.5 Å². The monoisotopic (exact) mass is 333 g/mol. The van der Waals surface area contributed by atoms with Crippen molar-refractivity contribution in [2.24, 2.45) is 0 Å². The molecule has 1 aromatic carbocycles. The van der Waals surface area contributed by atoms with Crippen molar-refractivity contribution in [3.63, 3.8) is 0 Å². The molecule has 1 N–H and O–H groups in total. The van der Waals surface area contributed by atoms with Gasteiger partial charge in [-0.3, -0.25) is 9.36 Å². The van der Waals surface area contributed by atoms with Crippen LogP contribution in [-0.2, 0) is 11.3 Å². The molecule has 0 aliphatic heterocycles. The lowest BCUT2D eigenvalue weighted by molar-refractivity contribution is 0.0382. The number of nitrogens with one attached hydrogen (secondary N) is 1. The first kappa shape index (κ1) is 15.9. The number of carbonyl (C=O) groups excluding carboxylic acids is 2. The quantitative estimate of drug-likeness (QED) is 0.574. The summed E-state index contributed by atoms with van der Waals surface area (Å²) in [6.45, 7) is -1.85. The zero-order valence-corrected chi connectivity index (χ0v) is 12.6. The van der Waals surface area contributed by atoms with E-state index in [1.54, 1.807) is 18.2 Å². The van der Waals surface area contributed by atoms with E-state index in [-0.39, 0.29) is 22.8 Å². The number of alkyl halides is 2. The Morgan fingerprint density at radius 2 is 2.08 bits per heavy atom. The molecule has 124 valence electrons. The van der Waals surface area contributed by atoms with E-state index in [0.29, 0.717) is 11.1 Å². The van der Waals surface area contributed by atoms with Gasteiger partial charge in [0, 0.05) is 11.8 Å². The van der Waals surface area contributed by atoms with Gasteiger partial charge in [-0.1, -0.05) is 12.1 Å². The fourth-order valence-electron chi connectivity index (χ4n) is 2.34. The fourth-order valence-corrected chi connectivity index (χ4v) is 2.34. The van der Waals surface area contributed by atoms with Crippen molar-refractivity contribution in [3.8, 4) is 0 Å². The van der Waals surface area contributed by atoms with Gasteiger partial charge in [0.1, 0.15) is 12.3 Å². The second-order valence-electron chi connectivity index (χ2n) is 5.10. The number of Topliss-reactive ketones (excluding diaryl/α,β-unsaturated/α-hetero) is 1. The number of carbonyl (C=O) groups is 2. The van der Waals surface area contributed by atoms with Crippen LogP contribution in [0.2, 0.25) is 0 Å². The summed E-state index contributed by atoms with van der Waals surface area (Å²) < 4.78 is 32.3. The van der Waals surface area contributed by atoms with Crippen LogP contribution in [0.15, 0.2) is 36.5 Å². The van der Waals surface area contributed by atoms with E-state index in [4.69, 9.17) is 4.74 Å². The highest BCUT2D eigenvalue weighted by atomic mass is 19.3. The van der Waals surface area contributed by atoms with Crippen LogP contribution >= 0.6 is 0 Å². The molecule has 2 heterocycles. The Kier molecular flexibility index (Phi) is 4.11. The van der Waals surface area contributed by atoms with Crippen LogP contribution < -0.4 is 0 Å². The van der Waals surface area contributed by atoms with Gasteiger partial charge in [-0.15, -0.1) is 0 Å². The zero-order chi connectivity index (χ0) is 17.3. The summed E-state index contributed by atoms with van der Waals surface area (Å²) in [5, 5.41) is 0. The van der Waals surface area contributed by atoms with Crippen molar-refractivity contribution in [1.29, 1.82) is 0 Å². The molecule has 0 atom stereocenters. The summed E-state index contributed by atoms with van der Waals surface area (Å²) in [6.07, 6.45) is 1.38. The maximum absolute atomic E-state index is 13.3. The highest BCUT2D eigenvalue weighted by molar-refractivity contribution is 5.97. The number of nitrogens with zero attached hydrogens (tertiary/aromatic N) is 2. The van der Waals surface area contributed by atoms with Gasteiger partial charge in [-0.05, 0) is 25.1 Å². The zero-order valence-electron chi connectivity index (χ0n) is 12.6. The topological polar surface area (TPSA) is 77.0 Å². The number of benzene rings is 1. The van der Waals surface area contributed by atoms with Crippen LogP contribution in [0.1, 0.15) is 40.1 Å². The molecule has 24 heavy (non-hydrogen) atoms. The van der Waals surface area contributed by atoms with E-state index in [0.717, 1.165) is 4.57 Å². The molecule has 3 aromatic rings. The Hall–Kier alpha value is -3.03. The summed E-state index contributed by atoms with van der Waals surface area (Å²) in [7, 11) is 0. The van der Waals surface area contributed by atoms with E-state index in [9.17, 15) is 18.4 Å². The molecule has 8 heteroatoms. The Bertz CT molecular complexity index is 914. The van der Waals surface area contributed by atoms with Gasteiger partial charge < -0.3 is 9.72 Å². The molecule has 0 bridgehead atoms. The minimum Gasteiger partial charge on any atom is -0.453 e. The maximum atomic E-state index is 13.3. The van der Waals surface area contributed by atoms with Crippen molar-refractivity contribution < 1.29 is 23.1 Å². The summed E-state index contributed by atoms with van der Waals surface area (Å²) in [6, 6.07) is 7.78. The van der Waals surface area contributed by atoms with Gasteiger partial charge in [0.25, 0.3) is 0 Å². The SMILES string of the molecule is CC(=O)c1c[nH]c(C(=O)OCc2nc3ccccc3n2C(F)F)c1. The molecule has 0 aliphatic carbocycles. The lowest BCUT2D eigenvalue weighted by Gasteiger charge is -2.08. The second kappa shape index (κ2) is 6.23. The average Bonchev–Trinajstić information content (AvgIpc) is 3.16. The van der Waals surface area contributed by atoms with E-state index >= 15 is 0 Å². The van der Waals surface area contributed by atoms with Crippen LogP contribution in [0.5, 0.6) is 0 Å². The van der Waals surface area contributed by atoms with Gasteiger partial charge in [-0.2, -0.15) is 8.78 Å². The fraction of sp³-hybridized carbons (Fsp3) is 0.188. The van der Waals surface area contributed by atoms with Gasteiger partial charge >= 0.3 is 12.5 Å². The van der Waals surface area contributed by atoms with Crippen molar-refractivity contribution in [3.05, 3.63) is 53.6 Å². The predicted molar refractivity (Wildman–Crippen MR) is 80.9 cm³/mol. The number of aromatic nitrogens is 3. The lowest BCUT2D eigenvalue weighted by Crippen LogP contribution is -2.10. The number of halogens is 2. The number of esters is 1. The predicted octanol–water partition coefficient (Wildman–Crippen LogP) is 3.32. The molecule has 3 rings (SSSR count). The van der Waals surface area contributed by atoms with Crippen LogP contribution in [0, 0.1) is 0 Å². The smallest absolute Gasteiger partial charge is 0.355 e. The molecule has 0 spiro atoms. The van der Waals surface area contributed by atoms with Gasteiger partial charge in [0.15, 0.2) is 11.6 Å². The van der Waals surface area contributed by atoms with E-state index in [1.165, 1.54) is 25.3 Å². The number of imidazole rings is 1. The van der Waals surface area contributed by atoms with Crippen LogP contribution in [0.3, 0.4) is 0 Å². The lowest BCUT2D eigenvalue weighted by atomic mass is 10.2. The molecular formula is C16H13F2N3O3. The van der Waals surface area contributed by atoms with Crippen molar-refractivity contribution in [2.75, 3.05) is 0 Å². The van der Waals surface area contributed by atoms with Crippen molar-refractivity contribution in [2.45, 2.75) is 20.1 Å². The molecular weight excluding hydrogens is 320 g/mol. The Morgan fingerprint density at radius 1 is 1.33 bits per heavy atom. The van der Waals surface area contributed by atoms with E-state index < -0.39 is 19.1 Å². The highest BCUT2D eigenvalue weighted by Gasteiger charge is 2.19. The first-order chi connectivity index (χ1) is 11.5. The first-order valence-electron chi connectivity index (χ1n) is 7.08. The van der Waals surface area contributed by atoms with Gasteiger partial charge in [0.05, 0.1) is 11.0 Å². The highest BCUT2D eigenvalue weighted by Crippen LogP contribution is 2.23. The third kappa shape index (κ3) is 2.90. The molecule has 2 aromatic heterocycles. The third-order valence-corrected chi connectivity index (χ3v) is 3.51. The molecule has 0 fully saturated rings. The average molecular weight is 333 g/mol. The minimum atomic E-state index is -2.80. The summed E-state index contributed by atoms with van der Waals surface area (Å²) in [5.41, 5.74) is 1.06. The molecule has 0 saturated carbocycles. The molecule has 0 saturated heterocycles. The Labute approximate surface area is 135 Å². The number of ketones is 1. The Balaban J connectivity index is 1.81. The Morgan fingerprint density at radius 3 is 2.75 bits per heavy atom. The molecule has 0 amide bonds. The number of H-pyrrole nitrogens is 1. The maximum Gasteiger partial charge on any atom is 0.355 e. The number of hydrogen-bond donors (Lipinski definition) is 1. The second-order valence-corrected chi connectivity index (χ2v) is 5.10. The normalized spacial score (nSPS) is 11.2. The summed E-state index contributed by atoms with van der Waals surface area (Å²) in [5.74, 6) is -1.02. The van der Waals surface area contributed by atoms with E-state index in [2.05, 4.69) is 9.97 Å². The molecule has 0 radical (unpaired) electrons. The molecule has 6 nitrogen and oxygen atoms in total. The largest absolute Gasteiger partial charge is 0.453 e. The summed E-state index contributed by atoms with van der Waals surface area (Å²) in [4.78, 5) is 29.9. The molecule has 0 unspecified atom stereocenters.